The Labute approximate surface area is 211 Å². The summed E-state index contributed by atoms with van der Waals surface area (Å²) in [5, 5.41) is 16.8. The normalized spacial score (nSPS) is 14.7. The zero-order valence-electron chi connectivity index (χ0n) is 18.6. The van der Waals surface area contributed by atoms with Crippen LogP contribution in [0.15, 0.2) is 83.6 Å². The first-order chi connectivity index (χ1) is 16.8. The van der Waals surface area contributed by atoms with Gasteiger partial charge in [-0.2, -0.15) is 10.1 Å². The van der Waals surface area contributed by atoms with Crippen molar-refractivity contribution in [2.24, 2.45) is 5.10 Å². The zero-order chi connectivity index (χ0) is 24.7. The van der Waals surface area contributed by atoms with Gasteiger partial charge in [-0.25, -0.2) is 4.79 Å². The van der Waals surface area contributed by atoms with E-state index in [1.165, 1.54) is 17.1 Å². The second-order valence-corrected chi connectivity index (χ2v) is 9.03. The van der Waals surface area contributed by atoms with E-state index in [1.807, 2.05) is 60.8 Å². The molecule has 0 saturated heterocycles. The van der Waals surface area contributed by atoms with E-state index in [0.29, 0.717) is 28.5 Å². The maximum atomic E-state index is 13.3. The lowest BCUT2D eigenvalue weighted by Gasteiger charge is -2.13. The largest absolute Gasteiger partial charge is 0.478 e. The van der Waals surface area contributed by atoms with Crippen LogP contribution in [0.4, 0.5) is 5.69 Å². The van der Waals surface area contributed by atoms with Crippen molar-refractivity contribution < 1.29 is 14.7 Å². The topological polar surface area (TPSA) is 74.9 Å². The summed E-state index contributed by atoms with van der Waals surface area (Å²) in [7, 11) is 0. The third-order valence-corrected chi connectivity index (χ3v) is 6.45. The average Bonchev–Trinajstić information content (AvgIpc) is 3.33. The average molecular weight is 504 g/mol. The molecule has 1 amide bonds. The lowest BCUT2D eigenvalue weighted by atomic mass is 10.1. The number of amides is 1. The molecular formula is C27H19Cl2N3O3. The van der Waals surface area contributed by atoms with Crippen LogP contribution in [0, 0.1) is 0 Å². The van der Waals surface area contributed by atoms with Gasteiger partial charge in [0.1, 0.15) is 0 Å². The number of anilines is 1. The van der Waals surface area contributed by atoms with E-state index >= 15 is 0 Å². The fourth-order valence-electron chi connectivity index (χ4n) is 4.13. The van der Waals surface area contributed by atoms with E-state index in [9.17, 15) is 14.7 Å². The molecule has 1 aromatic heterocycles. The molecule has 0 spiro atoms. The Hall–Kier alpha value is -3.87. The second kappa shape index (κ2) is 9.06. The Balaban J connectivity index is 1.52. The number of benzene rings is 3. The quantitative estimate of drug-likeness (QED) is 0.315. The number of carbonyl (C=O) groups excluding carboxylic acids is 1. The van der Waals surface area contributed by atoms with Crippen molar-refractivity contribution in [3.63, 3.8) is 0 Å². The van der Waals surface area contributed by atoms with Crippen molar-refractivity contribution in [1.29, 1.82) is 0 Å². The van der Waals surface area contributed by atoms with Gasteiger partial charge >= 0.3 is 5.97 Å². The summed E-state index contributed by atoms with van der Waals surface area (Å²) in [6.07, 6.45) is 3.84. The molecule has 3 aromatic carbocycles. The van der Waals surface area contributed by atoms with Crippen LogP contribution in [-0.4, -0.2) is 27.3 Å². The summed E-state index contributed by atoms with van der Waals surface area (Å²) in [4.78, 5) is 24.8. The van der Waals surface area contributed by atoms with Crippen molar-refractivity contribution >= 4 is 63.5 Å². The van der Waals surface area contributed by atoms with Gasteiger partial charge in [0.05, 0.1) is 27.6 Å². The minimum atomic E-state index is -1.17. The molecule has 6 nitrogen and oxygen atoms in total. The first-order valence-corrected chi connectivity index (χ1v) is 11.5. The maximum Gasteiger partial charge on any atom is 0.337 e. The Morgan fingerprint density at radius 3 is 2.54 bits per heavy atom. The van der Waals surface area contributed by atoms with Crippen LogP contribution in [0.2, 0.25) is 10.0 Å². The second-order valence-electron chi connectivity index (χ2n) is 8.19. The van der Waals surface area contributed by atoms with E-state index in [2.05, 4.69) is 9.67 Å². The van der Waals surface area contributed by atoms with Gasteiger partial charge in [-0.3, -0.25) is 4.79 Å². The van der Waals surface area contributed by atoms with Gasteiger partial charge < -0.3 is 9.67 Å². The van der Waals surface area contributed by atoms with Gasteiger partial charge in [0.25, 0.3) is 5.91 Å². The molecule has 0 unspecified atom stereocenters. The fraction of sp³-hybridized carbons (Fsp3) is 0.0741. The molecule has 5 rings (SSSR count). The lowest BCUT2D eigenvalue weighted by Crippen LogP contribution is -2.21. The van der Waals surface area contributed by atoms with Crippen LogP contribution in [0.25, 0.3) is 17.0 Å². The summed E-state index contributed by atoms with van der Waals surface area (Å²) in [5.41, 5.74) is 4.25. The molecule has 0 fully saturated rings. The highest BCUT2D eigenvalue weighted by atomic mass is 35.5. The molecule has 0 atom stereocenters. The van der Waals surface area contributed by atoms with Crippen molar-refractivity contribution in [3.05, 3.63) is 105 Å². The number of hydrazone groups is 1. The first kappa shape index (κ1) is 22.9. The number of hydrogen-bond donors (Lipinski definition) is 1. The molecule has 1 N–H and O–H groups in total. The summed E-state index contributed by atoms with van der Waals surface area (Å²) >= 11 is 12.0. The highest BCUT2D eigenvalue weighted by Gasteiger charge is 2.30. The molecule has 0 aliphatic carbocycles. The smallest absolute Gasteiger partial charge is 0.337 e. The number of rotatable bonds is 5. The number of carboxylic acid groups (broad SMARTS) is 1. The molecule has 1 aliphatic heterocycles. The lowest BCUT2D eigenvalue weighted by molar-refractivity contribution is -0.114. The predicted molar refractivity (Wildman–Crippen MR) is 139 cm³/mol. The number of carboxylic acids is 1. The summed E-state index contributed by atoms with van der Waals surface area (Å²) < 4.78 is 2.13. The number of aromatic nitrogens is 1. The van der Waals surface area contributed by atoms with Crippen molar-refractivity contribution in [3.8, 4) is 0 Å². The minimum absolute atomic E-state index is 0.0903. The van der Waals surface area contributed by atoms with E-state index in [0.717, 1.165) is 22.0 Å². The number of carbonyl (C=O) groups is 2. The van der Waals surface area contributed by atoms with Crippen LogP contribution < -0.4 is 5.01 Å². The van der Waals surface area contributed by atoms with Gasteiger partial charge in [0.15, 0.2) is 0 Å². The highest BCUT2D eigenvalue weighted by Crippen LogP contribution is 2.31. The van der Waals surface area contributed by atoms with E-state index in [1.54, 1.807) is 13.0 Å². The predicted octanol–water partition coefficient (Wildman–Crippen LogP) is 6.50. The SMILES string of the molecule is CC1=NN(c2ccc(Cl)c(C(=O)O)c2)C(=O)/C1=C\c1cn(Cc2ccc(Cl)cc2)c2ccccc12. The number of para-hydroxylation sites is 1. The van der Waals surface area contributed by atoms with Gasteiger partial charge in [0, 0.05) is 34.2 Å². The fourth-order valence-corrected chi connectivity index (χ4v) is 4.46. The van der Waals surface area contributed by atoms with Gasteiger partial charge in [-0.05, 0) is 55.0 Å². The molecule has 35 heavy (non-hydrogen) atoms. The Morgan fingerprint density at radius 1 is 1.06 bits per heavy atom. The van der Waals surface area contributed by atoms with Crippen LogP contribution in [0.1, 0.15) is 28.4 Å². The first-order valence-electron chi connectivity index (χ1n) is 10.8. The highest BCUT2D eigenvalue weighted by molar-refractivity contribution is 6.34. The maximum absolute atomic E-state index is 13.3. The number of halogens is 2. The Kier molecular flexibility index (Phi) is 5.93. The van der Waals surface area contributed by atoms with Gasteiger partial charge in [-0.15, -0.1) is 0 Å². The molecular weight excluding hydrogens is 485 g/mol. The monoisotopic (exact) mass is 503 g/mol. The Morgan fingerprint density at radius 2 is 1.80 bits per heavy atom. The molecule has 174 valence electrons. The van der Waals surface area contributed by atoms with Gasteiger partial charge in [-0.1, -0.05) is 53.5 Å². The summed E-state index contributed by atoms with van der Waals surface area (Å²) in [6, 6.07) is 20.1. The van der Waals surface area contributed by atoms with Crippen molar-refractivity contribution in [2.75, 3.05) is 5.01 Å². The number of nitrogens with zero attached hydrogens (tertiary/aromatic N) is 3. The summed E-state index contributed by atoms with van der Waals surface area (Å²) in [5.74, 6) is -1.51. The zero-order valence-corrected chi connectivity index (χ0v) is 20.1. The summed E-state index contributed by atoms with van der Waals surface area (Å²) in [6.45, 7) is 2.40. The van der Waals surface area contributed by atoms with E-state index in [-0.39, 0.29) is 16.5 Å². The van der Waals surface area contributed by atoms with Crippen molar-refractivity contribution in [2.45, 2.75) is 13.5 Å². The van der Waals surface area contributed by atoms with E-state index in [4.69, 9.17) is 23.2 Å². The van der Waals surface area contributed by atoms with Crippen molar-refractivity contribution in [1.82, 2.24) is 4.57 Å². The minimum Gasteiger partial charge on any atom is -0.478 e. The van der Waals surface area contributed by atoms with E-state index < -0.39 is 5.97 Å². The van der Waals surface area contributed by atoms with Crippen LogP contribution in [0.3, 0.4) is 0 Å². The number of hydrogen-bond acceptors (Lipinski definition) is 3. The molecule has 1 aliphatic rings. The Bertz CT molecular complexity index is 1550. The van der Waals surface area contributed by atoms with Crippen LogP contribution >= 0.6 is 23.2 Å². The molecule has 4 aromatic rings. The van der Waals surface area contributed by atoms with Crippen LogP contribution in [0.5, 0.6) is 0 Å². The standard InChI is InChI=1S/C27H19Cl2N3O3/c1-16-22(26(33)32(30-16)20-10-11-24(29)23(13-20)27(34)35)12-18-15-31(25-5-3-2-4-21(18)25)14-17-6-8-19(28)9-7-17/h2-13,15H,14H2,1H3,(H,34,35)/b22-12-. The van der Waals surface area contributed by atoms with Crippen LogP contribution in [-0.2, 0) is 11.3 Å². The third kappa shape index (κ3) is 4.34. The number of fused-ring (bicyclic) bond motifs is 1. The third-order valence-electron chi connectivity index (χ3n) is 5.87. The number of aromatic carboxylic acids is 1. The molecule has 2 heterocycles. The molecule has 0 saturated carbocycles. The van der Waals surface area contributed by atoms with Gasteiger partial charge in [0.2, 0.25) is 0 Å². The molecule has 8 heteroatoms. The molecule has 0 radical (unpaired) electrons. The molecule has 0 bridgehead atoms.